The molecule has 4 rings (SSSR count). The molecule has 2 saturated heterocycles. The molecule has 0 N–H and O–H groups in total. The van der Waals surface area contributed by atoms with Gasteiger partial charge in [-0.15, -0.1) is 0 Å². The van der Waals surface area contributed by atoms with Gasteiger partial charge in [0.05, 0.1) is 32.0 Å². The van der Waals surface area contributed by atoms with E-state index in [2.05, 4.69) is 4.98 Å². The van der Waals surface area contributed by atoms with Crippen LogP contribution in [0.5, 0.6) is 0 Å². The predicted octanol–water partition coefficient (Wildman–Crippen LogP) is 2.45. The molecule has 0 aliphatic carbocycles. The summed E-state index contributed by atoms with van der Waals surface area (Å²) in [6.45, 7) is 3.99. The van der Waals surface area contributed by atoms with Gasteiger partial charge < -0.3 is 14.4 Å². The molecule has 4 heterocycles. The maximum absolute atomic E-state index is 12.6. The SMILES string of the molecule is O=C(c1ccsc1)N1C[C@@H]2COC[C@]2(COCc2cccnc2)C1. The van der Waals surface area contributed by atoms with Gasteiger partial charge in [0.1, 0.15) is 0 Å². The fourth-order valence-electron chi connectivity index (χ4n) is 3.62. The summed E-state index contributed by atoms with van der Waals surface area (Å²) in [7, 11) is 0. The summed E-state index contributed by atoms with van der Waals surface area (Å²) in [6, 6.07) is 5.81. The third-order valence-electron chi connectivity index (χ3n) is 4.96. The molecular weight excluding hydrogens is 324 g/mol. The number of hydrogen-bond donors (Lipinski definition) is 0. The number of hydrogen-bond acceptors (Lipinski definition) is 5. The van der Waals surface area contributed by atoms with Crippen molar-refractivity contribution in [1.82, 2.24) is 9.88 Å². The van der Waals surface area contributed by atoms with E-state index in [9.17, 15) is 4.79 Å². The predicted molar refractivity (Wildman–Crippen MR) is 90.9 cm³/mol. The molecule has 126 valence electrons. The lowest BCUT2D eigenvalue weighted by Crippen LogP contribution is -2.37. The van der Waals surface area contributed by atoms with Crippen molar-refractivity contribution in [2.24, 2.45) is 11.3 Å². The number of fused-ring (bicyclic) bond motifs is 1. The molecule has 6 heteroatoms. The number of aromatic nitrogens is 1. The number of rotatable bonds is 5. The van der Waals surface area contributed by atoms with Gasteiger partial charge in [-0.2, -0.15) is 11.3 Å². The highest BCUT2D eigenvalue weighted by Gasteiger charge is 2.52. The first-order valence-electron chi connectivity index (χ1n) is 8.13. The summed E-state index contributed by atoms with van der Waals surface area (Å²) in [5, 5.41) is 3.86. The van der Waals surface area contributed by atoms with Crippen molar-refractivity contribution in [2.75, 3.05) is 32.9 Å². The summed E-state index contributed by atoms with van der Waals surface area (Å²) in [5.74, 6) is 0.478. The number of pyridine rings is 1. The van der Waals surface area contributed by atoms with Crippen LogP contribution in [0.3, 0.4) is 0 Å². The smallest absolute Gasteiger partial charge is 0.254 e. The lowest BCUT2D eigenvalue weighted by atomic mass is 9.82. The minimum atomic E-state index is -0.0755. The summed E-state index contributed by atoms with van der Waals surface area (Å²) in [4.78, 5) is 18.7. The molecule has 2 aliphatic rings. The Morgan fingerprint density at radius 2 is 2.46 bits per heavy atom. The minimum absolute atomic E-state index is 0.0755. The zero-order valence-corrected chi connectivity index (χ0v) is 14.2. The number of amides is 1. The molecule has 0 aromatic carbocycles. The van der Waals surface area contributed by atoms with E-state index in [0.29, 0.717) is 38.9 Å². The molecule has 24 heavy (non-hydrogen) atoms. The molecule has 2 aromatic rings. The van der Waals surface area contributed by atoms with E-state index in [1.54, 1.807) is 17.5 Å². The van der Waals surface area contributed by atoms with Gasteiger partial charge in [0, 0.05) is 42.2 Å². The van der Waals surface area contributed by atoms with E-state index < -0.39 is 0 Å². The third-order valence-corrected chi connectivity index (χ3v) is 5.64. The first-order chi connectivity index (χ1) is 11.8. The first-order valence-corrected chi connectivity index (χ1v) is 9.07. The van der Waals surface area contributed by atoms with Crippen molar-refractivity contribution in [1.29, 1.82) is 0 Å². The van der Waals surface area contributed by atoms with Crippen LogP contribution in [0.15, 0.2) is 41.4 Å². The number of carbonyl (C=O) groups is 1. The van der Waals surface area contributed by atoms with Crippen molar-refractivity contribution < 1.29 is 14.3 Å². The zero-order chi connectivity index (χ0) is 16.4. The molecule has 2 atom stereocenters. The van der Waals surface area contributed by atoms with E-state index in [4.69, 9.17) is 9.47 Å². The Morgan fingerprint density at radius 1 is 1.50 bits per heavy atom. The fraction of sp³-hybridized carbons (Fsp3) is 0.444. The van der Waals surface area contributed by atoms with E-state index in [-0.39, 0.29) is 11.3 Å². The topological polar surface area (TPSA) is 51.7 Å². The maximum Gasteiger partial charge on any atom is 0.254 e. The van der Waals surface area contributed by atoms with E-state index in [0.717, 1.165) is 17.7 Å². The van der Waals surface area contributed by atoms with Crippen LogP contribution < -0.4 is 0 Å². The van der Waals surface area contributed by atoms with Crippen LogP contribution in [-0.4, -0.2) is 48.7 Å². The fourth-order valence-corrected chi connectivity index (χ4v) is 4.24. The molecule has 0 spiro atoms. The van der Waals surface area contributed by atoms with Gasteiger partial charge in [-0.25, -0.2) is 0 Å². The van der Waals surface area contributed by atoms with Gasteiger partial charge in [0.2, 0.25) is 0 Å². The Balaban J connectivity index is 1.40. The van der Waals surface area contributed by atoms with Crippen molar-refractivity contribution in [3.8, 4) is 0 Å². The molecular formula is C18H20N2O3S. The summed E-state index contributed by atoms with van der Waals surface area (Å²) >= 11 is 1.56. The normalized spacial score (nSPS) is 25.8. The monoisotopic (exact) mass is 344 g/mol. The standard InChI is InChI=1S/C18H20N2O3S/c21-17(15-3-5-24-10-15)20-7-16-9-23-13-18(16,11-20)12-22-8-14-2-1-4-19-6-14/h1-6,10,16H,7-9,11-13H2/t16-,18-/m1/s1. The maximum atomic E-state index is 12.6. The molecule has 2 fully saturated rings. The molecule has 2 aliphatic heterocycles. The van der Waals surface area contributed by atoms with Crippen molar-refractivity contribution in [2.45, 2.75) is 6.61 Å². The van der Waals surface area contributed by atoms with Crippen molar-refractivity contribution in [3.05, 3.63) is 52.5 Å². The molecule has 0 bridgehead atoms. The highest BCUT2D eigenvalue weighted by Crippen LogP contribution is 2.42. The highest BCUT2D eigenvalue weighted by molar-refractivity contribution is 7.08. The Morgan fingerprint density at radius 3 is 3.25 bits per heavy atom. The zero-order valence-electron chi connectivity index (χ0n) is 13.4. The lowest BCUT2D eigenvalue weighted by molar-refractivity contribution is 0.0185. The second-order valence-corrected chi connectivity index (χ2v) is 7.41. The second kappa shape index (κ2) is 6.63. The Bertz CT molecular complexity index is 692. The summed E-state index contributed by atoms with van der Waals surface area (Å²) in [5.41, 5.74) is 1.77. The Hall–Kier alpha value is -1.76. The van der Waals surface area contributed by atoms with Crippen molar-refractivity contribution in [3.63, 3.8) is 0 Å². The van der Waals surface area contributed by atoms with Gasteiger partial charge in [-0.1, -0.05) is 6.07 Å². The summed E-state index contributed by atoms with van der Waals surface area (Å²) < 4.78 is 11.7. The third kappa shape index (κ3) is 2.97. The quantitative estimate of drug-likeness (QED) is 0.836. The average molecular weight is 344 g/mol. The average Bonchev–Trinajstić information content (AvgIpc) is 3.31. The van der Waals surface area contributed by atoms with Crippen LogP contribution in [0.25, 0.3) is 0 Å². The van der Waals surface area contributed by atoms with Crippen LogP contribution in [0.4, 0.5) is 0 Å². The number of carbonyl (C=O) groups excluding carboxylic acids is 1. The van der Waals surface area contributed by atoms with Gasteiger partial charge in [0.15, 0.2) is 0 Å². The molecule has 0 radical (unpaired) electrons. The van der Waals surface area contributed by atoms with E-state index in [1.807, 2.05) is 40.1 Å². The number of thiophene rings is 1. The van der Waals surface area contributed by atoms with Gasteiger partial charge >= 0.3 is 0 Å². The molecule has 0 saturated carbocycles. The molecule has 2 aromatic heterocycles. The van der Waals surface area contributed by atoms with Crippen LogP contribution in [0.2, 0.25) is 0 Å². The minimum Gasteiger partial charge on any atom is -0.380 e. The number of likely N-dealkylation sites (tertiary alicyclic amines) is 1. The van der Waals surface area contributed by atoms with Crippen LogP contribution in [-0.2, 0) is 16.1 Å². The molecule has 5 nitrogen and oxygen atoms in total. The number of ether oxygens (including phenoxy) is 2. The van der Waals surface area contributed by atoms with Crippen LogP contribution in [0.1, 0.15) is 15.9 Å². The summed E-state index contributed by atoms with van der Waals surface area (Å²) in [6.07, 6.45) is 3.58. The van der Waals surface area contributed by atoms with Crippen LogP contribution in [0, 0.1) is 11.3 Å². The molecule has 0 unspecified atom stereocenters. The van der Waals surface area contributed by atoms with Gasteiger partial charge in [-0.3, -0.25) is 9.78 Å². The largest absolute Gasteiger partial charge is 0.380 e. The van der Waals surface area contributed by atoms with E-state index >= 15 is 0 Å². The molecule has 1 amide bonds. The Labute approximate surface area is 145 Å². The first kappa shape index (κ1) is 15.7. The number of nitrogens with zero attached hydrogens (tertiary/aromatic N) is 2. The van der Waals surface area contributed by atoms with Gasteiger partial charge in [-0.05, 0) is 23.1 Å². The van der Waals surface area contributed by atoms with Crippen molar-refractivity contribution >= 4 is 17.2 Å². The Kier molecular flexibility index (Phi) is 4.35. The highest BCUT2D eigenvalue weighted by atomic mass is 32.1. The second-order valence-electron chi connectivity index (χ2n) is 6.63. The lowest BCUT2D eigenvalue weighted by Gasteiger charge is -2.26. The van der Waals surface area contributed by atoms with Crippen LogP contribution >= 0.6 is 11.3 Å². The van der Waals surface area contributed by atoms with E-state index in [1.165, 1.54) is 0 Å². The van der Waals surface area contributed by atoms with Gasteiger partial charge in [0.25, 0.3) is 5.91 Å².